The van der Waals surface area contributed by atoms with Crippen LogP contribution in [0.3, 0.4) is 0 Å². The van der Waals surface area contributed by atoms with Gasteiger partial charge in [0.15, 0.2) is 10.8 Å². The monoisotopic (exact) mass is 407 g/mol. The van der Waals surface area contributed by atoms with Gasteiger partial charge in [-0.25, -0.2) is 13.4 Å². The standard InChI is InChI=1S/C19H22ClN3O3S/c1-22-11-19(21-12-22)27(25,26)23-9-14-7-6-13(16(14)10-23)8-18(24)15-4-2-3-5-17(15)20/h2-5,11-14,16H,6-10H2,1H3. The molecular formula is C19H22ClN3O3S. The van der Waals surface area contributed by atoms with Crippen molar-refractivity contribution in [3.05, 3.63) is 47.4 Å². The maximum atomic E-state index is 12.8. The van der Waals surface area contributed by atoms with Gasteiger partial charge in [0.05, 0.1) is 11.3 Å². The summed E-state index contributed by atoms with van der Waals surface area (Å²) in [5.41, 5.74) is 0.554. The second-order valence-electron chi connectivity index (χ2n) is 7.57. The van der Waals surface area contributed by atoms with Gasteiger partial charge in [0.1, 0.15) is 0 Å². The highest BCUT2D eigenvalue weighted by molar-refractivity contribution is 7.89. The first-order valence-electron chi connectivity index (χ1n) is 9.12. The molecule has 3 unspecified atom stereocenters. The Balaban J connectivity index is 1.47. The zero-order valence-electron chi connectivity index (χ0n) is 15.1. The molecule has 3 atom stereocenters. The third kappa shape index (κ3) is 3.44. The van der Waals surface area contributed by atoms with Crippen molar-refractivity contribution >= 4 is 27.4 Å². The van der Waals surface area contributed by atoms with Crippen LogP contribution in [0.5, 0.6) is 0 Å². The Morgan fingerprint density at radius 3 is 2.74 bits per heavy atom. The van der Waals surface area contributed by atoms with Gasteiger partial charge in [0.25, 0.3) is 10.0 Å². The molecule has 4 rings (SSSR count). The summed E-state index contributed by atoms with van der Waals surface area (Å²) in [4.78, 5) is 16.7. The average molecular weight is 408 g/mol. The van der Waals surface area contributed by atoms with Crippen LogP contribution in [0.4, 0.5) is 0 Å². The predicted molar refractivity (Wildman–Crippen MR) is 102 cm³/mol. The van der Waals surface area contributed by atoms with Crippen LogP contribution in [0.1, 0.15) is 29.6 Å². The number of sulfonamides is 1. The van der Waals surface area contributed by atoms with Crippen molar-refractivity contribution in [1.82, 2.24) is 13.9 Å². The lowest BCUT2D eigenvalue weighted by atomic mass is 9.87. The molecule has 0 amide bonds. The van der Waals surface area contributed by atoms with Crippen molar-refractivity contribution in [3.63, 3.8) is 0 Å². The number of hydrogen-bond donors (Lipinski definition) is 0. The number of Topliss-reactive ketones (excluding diaryl/α,β-unsaturated/α-hetero) is 1. The molecule has 0 radical (unpaired) electrons. The first kappa shape index (κ1) is 18.7. The molecule has 1 aliphatic heterocycles. The van der Waals surface area contributed by atoms with E-state index >= 15 is 0 Å². The molecule has 2 aromatic rings. The quantitative estimate of drug-likeness (QED) is 0.714. The van der Waals surface area contributed by atoms with Gasteiger partial charge in [-0.05, 0) is 42.7 Å². The zero-order valence-corrected chi connectivity index (χ0v) is 16.7. The Kier molecular flexibility index (Phi) is 4.86. The Hall–Kier alpha value is -1.70. The number of carbonyl (C=O) groups is 1. The minimum absolute atomic E-state index is 0.0392. The predicted octanol–water partition coefficient (Wildman–Crippen LogP) is 2.99. The number of imidazole rings is 1. The van der Waals surface area contributed by atoms with Crippen LogP contribution >= 0.6 is 11.6 Å². The molecule has 1 aromatic carbocycles. The number of hydrogen-bond acceptors (Lipinski definition) is 4. The molecular weight excluding hydrogens is 386 g/mol. The van der Waals surface area contributed by atoms with Crippen molar-refractivity contribution < 1.29 is 13.2 Å². The minimum atomic E-state index is -3.58. The number of carbonyl (C=O) groups excluding carboxylic acids is 1. The fraction of sp³-hybridized carbons (Fsp3) is 0.474. The number of aromatic nitrogens is 2. The number of nitrogens with zero attached hydrogens (tertiary/aromatic N) is 3. The van der Waals surface area contributed by atoms with Crippen LogP contribution in [0, 0.1) is 17.8 Å². The van der Waals surface area contributed by atoms with Gasteiger partial charge < -0.3 is 4.57 Å². The lowest BCUT2D eigenvalue weighted by Crippen LogP contribution is -2.31. The van der Waals surface area contributed by atoms with Gasteiger partial charge in [0.2, 0.25) is 0 Å². The van der Waals surface area contributed by atoms with E-state index in [1.54, 1.807) is 23.7 Å². The molecule has 2 heterocycles. The van der Waals surface area contributed by atoms with Crippen molar-refractivity contribution in [3.8, 4) is 0 Å². The number of halogens is 1. The SMILES string of the molecule is Cn1cnc(S(=O)(=O)N2CC3CCC(CC(=O)c4ccccc4Cl)C3C2)c1. The van der Waals surface area contributed by atoms with E-state index in [0.717, 1.165) is 12.8 Å². The normalized spacial score (nSPS) is 25.6. The maximum absolute atomic E-state index is 12.8. The summed E-state index contributed by atoms with van der Waals surface area (Å²) >= 11 is 6.15. The van der Waals surface area contributed by atoms with E-state index in [1.165, 1.54) is 16.8 Å². The van der Waals surface area contributed by atoms with E-state index < -0.39 is 10.0 Å². The summed E-state index contributed by atoms with van der Waals surface area (Å²) in [6.45, 7) is 0.977. The lowest BCUT2D eigenvalue weighted by molar-refractivity contribution is 0.0950. The summed E-state index contributed by atoms with van der Waals surface area (Å²) < 4.78 is 28.9. The highest BCUT2D eigenvalue weighted by Crippen LogP contribution is 2.45. The van der Waals surface area contributed by atoms with E-state index in [1.807, 2.05) is 12.1 Å². The van der Waals surface area contributed by atoms with Crippen LogP contribution in [0.2, 0.25) is 5.02 Å². The molecule has 1 aliphatic carbocycles. The molecule has 1 saturated heterocycles. The zero-order chi connectivity index (χ0) is 19.2. The molecule has 27 heavy (non-hydrogen) atoms. The Morgan fingerprint density at radius 2 is 2.04 bits per heavy atom. The average Bonchev–Trinajstić information content (AvgIpc) is 3.32. The number of rotatable bonds is 5. The van der Waals surface area contributed by atoms with Crippen molar-refractivity contribution in [2.24, 2.45) is 24.8 Å². The molecule has 1 aromatic heterocycles. The highest BCUT2D eigenvalue weighted by atomic mass is 35.5. The van der Waals surface area contributed by atoms with Crippen molar-refractivity contribution in [1.29, 1.82) is 0 Å². The Labute approximate surface area is 164 Å². The van der Waals surface area contributed by atoms with E-state index in [2.05, 4.69) is 4.98 Å². The summed E-state index contributed by atoms with van der Waals surface area (Å²) in [6, 6.07) is 7.10. The smallest absolute Gasteiger partial charge is 0.262 e. The van der Waals surface area contributed by atoms with E-state index in [-0.39, 0.29) is 22.6 Å². The van der Waals surface area contributed by atoms with Gasteiger partial charge in [-0.2, -0.15) is 4.31 Å². The van der Waals surface area contributed by atoms with Crippen LogP contribution in [0.25, 0.3) is 0 Å². The first-order valence-corrected chi connectivity index (χ1v) is 10.9. The molecule has 0 bridgehead atoms. The van der Waals surface area contributed by atoms with Gasteiger partial charge >= 0.3 is 0 Å². The van der Waals surface area contributed by atoms with Crippen LogP contribution in [-0.2, 0) is 17.1 Å². The number of aryl methyl sites for hydroxylation is 1. The van der Waals surface area contributed by atoms with Crippen molar-refractivity contribution in [2.75, 3.05) is 13.1 Å². The molecule has 2 aliphatic rings. The molecule has 1 saturated carbocycles. The van der Waals surface area contributed by atoms with Crippen LogP contribution in [-0.4, -0.2) is 41.1 Å². The number of benzene rings is 1. The summed E-state index contributed by atoms with van der Waals surface area (Å²) in [5.74, 6) is 0.766. The number of fused-ring (bicyclic) bond motifs is 1. The molecule has 8 heteroatoms. The fourth-order valence-electron chi connectivity index (χ4n) is 4.48. The topological polar surface area (TPSA) is 72.3 Å². The largest absolute Gasteiger partial charge is 0.339 e. The molecule has 144 valence electrons. The molecule has 0 N–H and O–H groups in total. The third-order valence-corrected chi connectivity index (χ3v) is 7.93. The Bertz CT molecular complexity index is 972. The van der Waals surface area contributed by atoms with Gasteiger partial charge in [-0.15, -0.1) is 0 Å². The number of ketones is 1. The van der Waals surface area contributed by atoms with Gasteiger partial charge in [-0.1, -0.05) is 23.7 Å². The van der Waals surface area contributed by atoms with Gasteiger partial charge in [-0.3, -0.25) is 4.79 Å². The summed E-state index contributed by atoms with van der Waals surface area (Å²) in [6.07, 6.45) is 5.36. The van der Waals surface area contributed by atoms with E-state index in [9.17, 15) is 13.2 Å². The maximum Gasteiger partial charge on any atom is 0.262 e. The van der Waals surface area contributed by atoms with E-state index in [0.29, 0.717) is 36.0 Å². The molecule has 0 spiro atoms. The molecule has 2 fully saturated rings. The molecule has 6 nitrogen and oxygen atoms in total. The third-order valence-electron chi connectivity index (χ3n) is 5.88. The first-order chi connectivity index (χ1) is 12.9. The lowest BCUT2D eigenvalue weighted by Gasteiger charge is -2.19. The summed E-state index contributed by atoms with van der Waals surface area (Å²) in [7, 11) is -1.82. The van der Waals surface area contributed by atoms with E-state index in [4.69, 9.17) is 11.6 Å². The minimum Gasteiger partial charge on any atom is -0.339 e. The Morgan fingerprint density at radius 1 is 1.26 bits per heavy atom. The second-order valence-corrected chi connectivity index (χ2v) is 9.86. The van der Waals surface area contributed by atoms with Crippen molar-refractivity contribution in [2.45, 2.75) is 24.3 Å². The summed E-state index contributed by atoms with van der Waals surface area (Å²) in [5, 5.41) is 0.566. The fourth-order valence-corrected chi connectivity index (χ4v) is 6.22. The van der Waals surface area contributed by atoms with Crippen LogP contribution < -0.4 is 0 Å². The van der Waals surface area contributed by atoms with Gasteiger partial charge in [0, 0.05) is 38.3 Å². The highest BCUT2D eigenvalue weighted by Gasteiger charge is 2.47. The second kappa shape index (κ2) is 7.04. The van der Waals surface area contributed by atoms with Crippen LogP contribution in [0.15, 0.2) is 41.8 Å².